The number of alkyl halides is 3. The maximum Gasteiger partial charge on any atom is 0.417 e. The molecular formula is C27H28F4N2O2. The highest BCUT2D eigenvalue weighted by atomic mass is 19.4. The summed E-state index contributed by atoms with van der Waals surface area (Å²) in [6, 6.07) is 7.14. The molecule has 0 aliphatic heterocycles. The Labute approximate surface area is 201 Å². The summed E-state index contributed by atoms with van der Waals surface area (Å²) in [5, 5.41) is 11.7. The number of halogens is 4. The van der Waals surface area contributed by atoms with Crippen LogP contribution in [0.1, 0.15) is 50.1 Å². The van der Waals surface area contributed by atoms with Crippen LogP contribution in [0, 0.1) is 5.82 Å². The average Bonchev–Trinajstić information content (AvgIpc) is 3.19. The number of fused-ring (bicyclic) bond motifs is 1. The van der Waals surface area contributed by atoms with Gasteiger partial charge in [-0.1, -0.05) is 32.1 Å². The Hall–Kier alpha value is -3.13. The quantitative estimate of drug-likeness (QED) is 0.366. The van der Waals surface area contributed by atoms with E-state index in [1.165, 1.54) is 33.1 Å². The first-order valence-electron chi connectivity index (χ1n) is 11.4. The summed E-state index contributed by atoms with van der Waals surface area (Å²) in [6.07, 6.45) is 3.27. The maximum atomic E-state index is 14.3. The van der Waals surface area contributed by atoms with E-state index < -0.39 is 35.9 Å². The lowest BCUT2D eigenvalue weighted by Gasteiger charge is -2.38. The van der Waals surface area contributed by atoms with E-state index in [0.29, 0.717) is 10.9 Å². The van der Waals surface area contributed by atoms with E-state index in [0.717, 1.165) is 30.2 Å². The Morgan fingerprint density at radius 2 is 1.89 bits per heavy atom. The second kappa shape index (κ2) is 9.15. The van der Waals surface area contributed by atoms with Crippen LogP contribution in [0.2, 0.25) is 0 Å². The zero-order valence-electron chi connectivity index (χ0n) is 19.8. The lowest BCUT2D eigenvalue weighted by Crippen LogP contribution is -2.51. The number of methoxy groups -OCH3 is 1. The molecule has 2 heterocycles. The average molecular weight is 489 g/mol. The minimum absolute atomic E-state index is 0.231. The molecule has 35 heavy (non-hydrogen) atoms. The molecule has 1 aliphatic carbocycles. The minimum atomic E-state index is -4.93. The van der Waals surface area contributed by atoms with Gasteiger partial charge >= 0.3 is 6.18 Å². The third-order valence-electron chi connectivity index (χ3n) is 6.49. The summed E-state index contributed by atoms with van der Waals surface area (Å²) in [5.74, 6) is -0.331. The molecule has 3 aromatic rings. The molecule has 0 saturated carbocycles. The van der Waals surface area contributed by atoms with Crippen molar-refractivity contribution in [3.05, 3.63) is 77.5 Å². The summed E-state index contributed by atoms with van der Waals surface area (Å²) >= 11 is 0. The van der Waals surface area contributed by atoms with Crippen LogP contribution >= 0.6 is 0 Å². The Balaban J connectivity index is 1.66. The number of allylic oxidation sites excluding steroid dienone is 4. The summed E-state index contributed by atoms with van der Waals surface area (Å²) < 4.78 is 62.0. The third kappa shape index (κ3) is 5.12. The van der Waals surface area contributed by atoms with Crippen molar-refractivity contribution in [1.82, 2.24) is 9.97 Å². The second-order valence-electron chi connectivity index (χ2n) is 9.70. The molecule has 1 atom stereocenters. The van der Waals surface area contributed by atoms with E-state index >= 15 is 0 Å². The van der Waals surface area contributed by atoms with Crippen molar-refractivity contribution >= 4 is 16.5 Å². The molecule has 0 bridgehead atoms. The number of aliphatic hydroxyl groups is 1. The smallest absolute Gasteiger partial charge is 0.417 e. The number of pyridine rings is 1. The van der Waals surface area contributed by atoms with Gasteiger partial charge in [0, 0.05) is 23.1 Å². The number of hydrogen-bond donors (Lipinski definition) is 2. The summed E-state index contributed by atoms with van der Waals surface area (Å²) in [6.45, 7) is 3.07. The van der Waals surface area contributed by atoms with Crippen LogP contribution in [0.4, 0.5) is 17.6 Å². The fourth-order valence-electron chi connectivity index (χ4n) is 4.76. The number of rotatable bonds is 7. The molecule has 0 amide bonds. The molecule has 2 N–H and O–H groups in total. The third-order valence-corrected chi connectivity index (χ3v) is 6.49. The molecule has 0 saturated heterocycles. The van der Waals surface area contributed by atoms with E-state index in [1.807, 2.05) is 12.1 Å². The number of hydrogen-bond acceptors (Lipinski definition) is 3. The van der Waals surface area contributed by atoms with Gasteiger partial charge < -0.3 is 14.8 Å². The zero-order valence-corrected chi connectivity index (χ0v) is 19.8. The molecule has 2 aromatic heterocycles. The SMILES string of the molecule is COc1ccc(F)cc1C(C)(C)CC(O)(Cc1cc2cc(C3=CCCC=C3)ncc2[nH]1)C(F)(F)F. The Morgan fingerprint density at radius 1 is 1.11 bits per heavy atom. The van der Waals surface area contributed by atoms with Crippen LogP contribution in [0.5, 0.6) is 5.75 Å². The summed E-state index contributed by atoms with van der Waals surface area (Å²) in [7, 11) is 1.37. The number of nitrogens with one attached hydrogen (secondary N) is 1. The standard InChI is InChI=1S/C27H28F4N2O2/c1-25(2,21-13-19(28)9-10-24(21)35-3)16-26(34,27(29,30)31)14-20-11-18-12-22(32-15-23(18)33-20)17-7-5-4-6-8-17/h5,7-13,15,33-34H,4,6,14,16H2,1-3H3. The Kier molecular flexibility index (Phi) is 6.53. The number of aromatic nitrogens is 2. The van der Waals surface area contributed by atoms with Crippen LogP contribution in [0.15, 0.2) is 54.8 Å². The second-order valence-corrected chi connectivity index (χ2v) is 9.70. The van der Waals surface area contributed by atoms with Crippen LogP contribution in [0.3, 0.4) is 0 Å². The van der Waals surface area contributed by atoms with Crippen molar-refractivity contribution in [1.29, 1.82) is 0 Å². The van der Waals surface area contributed by atoms with Crippen molar-refractivity contribution in [2.75, 3.05) is 7.11 Å². The molecule has 1 aliphatic rings. The number of nitrogens with zero attached hydrogens (tertiary/aromatic N) is 1. The van der Waals surface area contributed by atoms with Gasteiger partial charge in [-0.05, 0) is 60.6 Å². The lowest BCUT2D eigenvalue weighted by molar-refractivity contribution is -0.266. The van der Waals surface area contributed by atoms with Crippen molar-refractivity contribution in [2.45, 2.75) is 56.7 Å². The van der Waals surface area contributed by atoms with E-state index in [9.17, 15) is 22.7 Å². The minimum Gasteiger partial charge on any atom is -0.496 e. The maximum absolute atomic E-state index is 14.3. The molecule has 1 unspecified atom stereocenters. The first-order chi connectivity index (χ1) is 16.4. The van der Waals surface area contributed by atoms with Crippen LogP contribution in [-0.4, -0.2) is 34.0 Å². The van der Waals surface area contributed by atoms with Gasteiger partial charge in [0.2, 0.25) is 0 Å². The number of ether oxygens (including phenoxy) is 1. The Morgan fingerprint density at radius 3 is 2.54 bits per heavy atom. The van der Waals surface area contributed by atoms with E-state index in [4.69, 9.17) is 4.74 Å². The number of H-pyrrole nitrogens is 1. The van der Waals surface area contributed by atoms with Crippen LogP contribution in [0.25, 0.3) is 16.5 Å². The highest BCUT2D eigenvalue weighted by molar-refractivity contribution is 5.84. The fourth-order valence-corrected chi connectivity index (χ4v) is 4.76. The summed E-state index contributed by atoms with van der Waals surface area (Å²) in [4.78, 5) is 7.40. The van der Waals surface area contributed by atoms with Gasteiger partial charge in [-0.2, -0.15) is 13.2 Å². The highest BCUT2D eigenvalue weighted by Gasteiger charge is 2.56. The van der Waals surface area contributed by atoms with Gasteiger partial charge in [-0.25, -0.2) is 4.39 Å². The summed E-state index contributed by atoms with van der Waals surface area (Å²) in [5.41, 5.74) is -1.55. The van der Waals surface area contributed by atoms with Crippen molar-refractivity contribution in [3.63, 3.8) is 0 Å². The van der Waals surface area contributed by atoms with E-state index in [1.54, 1.807) is 12.3 Å². The van der Waals surface area contributed by atoms with Crippen molar-refractivity contribution < 1.29 is 27.4 Å². The lowest BCUT2D eigenvalue weighted by atomic mass is 9.73. The van der Waals surface area contributed by atoms with Gasteiger partial charge in [0.25, 0.3) is 0 Å². The molecular weight excluding hydrogens is 460 g/mol. The molecule has 4 nitrogen and oxygen atoms in total. The van der Waals surface area contributed by atoms with Crippen LogP contribution < -0.4 is 4.74 Å². The van der Waals surface area contributed by atoms with Crippen molar-refractivity contribution in [2.24, 2.45) is 0 Å². The van der Waals surface area contributed by atoms with Crippen molar-refractivity contribution in [3.8, 4) is 5.75 Å². The normalized spacial score (nSPS) is 16.3. The Bertz CT molecular complexity index is 1290. The van der Waals surface area contributed by atoms with Crippen LogP contribution in [-0.2, 0) is 11.8 Å². The monoisotopic (exact) mass is 488 g/mol. The predicted octanol–water partition coefficient (Wildman–Crippen LogP) is 6.65. The highest BCUT2D eigenvalue weighted by Crippen LogP contribution is 2.45. The largest absolute Gasteiger partial charge is 0.496 e. The topological polar surface area (TPSA) is 58.1 Å². The first-order valence-corrected chi connectivity index (χ1v) is 11.4. The molecule has 0 radical (unpaired) electrons. The molecule has 8 heteroatoms. The predicted molar refractivity (Wildman–Crippen MR) is 128 cm³/mol. The molecule has 4 rings (SSSR count). The number of benzene rings is 1. The van der Waals surface area contributed by atoms with E-state index in [2.05, 4.69) is 22.1 Å². The number of aromatic amines is 1. The van der Waals surface area contributed by atoms with Gasteiger partial charge in [-0.15, -0.1) is 0 Å². The van der Waals surface area contributed by atoms with E-state index in [-0.39, 0.29) is 17.0 Å². The fraction of sp³-hybridized carbons (Fsp3) is 0.370. The molecule has 0 fully saturated rings. The molecule has 0 spiro atoms. The molecule has 186 valence electrons. The first kappa shape index (κ1) is 25.0. The van der Waals surface area contributed by atoms with Gasteiger partial charge in [-0.3, -0.25) is 4.98 Å². The van der Waals surface area contributed by atoms with Gasteiger partial charge in [0.15, 0.2) is 5.60 Å². The van der Waals surface area contributed by atoms with Gasteiger partial charge in [0.1, 0.15) is 11.6 Å². The zero-order chi connectivity index (χ0) is 25.4. The molecule has 1 aromatic carbocycles. The van der Waals surface area contributed by atoms with Gasteiger partial charge in [0.05, 0.1) is 24.5 Å².